The molecule has 4 atom stereocenters. The number of sulfone groups is 1. The molecule has 2 aliphatic carbocycles. The van der Waals surface area contributed by atoms with Crippen LogP contribution in [-0.2, 0) is 24.2 Å². The van der Waals surface area contributed by atoms with Crippen molar-refractivity contribution in [3.8, 4) is 23.2 Å². The second kappa shape index (κ2) is 12.4. The molecule has 2 saturated carbocycles. The van der Waals surface area contributed by atoms with Gasteiger partial charge in [0.05, 0.1) is 29.1 Å². The molecule has 2 amide bonds. The van der Waals surface area contributed by atoms with E-state index in [9.17, 15) is 28.1 Å². The van der Waals surface area contributed by atoms with Gasteiger partial charge in [0.1, 0.15) is 29.0 Å². The molecular formula is C36H38N4O7S. The molecule has 2 aromatic carbocycles. The molecule has 1 aliphatic heterocycles. The van der Waals surface area contributed by atoms with Crippen LogP contribution in [0.2, 0.25) is 0 Å². The average Bonchev–Trinajstić information content (AvgIpc) is 3.97. The third kappa shape index (κ3) is 6.78. The number of likely N-dealkylation sites (tertiary alicyclic amines) is 1. The van der Waals surface area contributed by atoms with Gasteiger partial charge in [0.25, 0.3) is 0 Å². The highest BCUT2D eigenvalue weighted by atomic mass is 32.2. The van der Waals surface area contributed by atoms with Crippen molar-refractivity contribution in [1.82, 2.24) is 15.2 Å². The van der Waals surface area contributed by atoms with E-state index in [4.69, 9.17) is 14.5 Å². The van der Waals surface area contributed by atoms with E-state index in [2.05, 4.69) is 18.0 Å². The summed E-state index contributed by atoms with van der Waals surface area (Å²) in [4.78, 5) is 46.9. The smallest absolute Gasteiger partial charge is 0.411 e. The van der Waals surface area contributed by atoms with Crippen LogP contribution in [0.4, 0.5) is 4.79 Å². The standard InChI is InChI=1S/C36H38N4O7S/c1-5-25-18-36(25,31(41)21-48(44,45)27-14-15-27)39-32(42)30-17-26(20-40(30)34(43)47-35(2,3)4)46-33-28-9-7-6-8-24(28)16-29(38-33)23-12-10-22(19-37)11-13-23/h5-13,16,25-27,30H,1,14-15,17-18,20-21H2,2-4H3,(H,39,42)/t25-,26-,30+,36-/m1/s1. The Morgan fingerprint density at radius 2 is 1.85 bits per heavy atom. The zero-order valence-corrected chi connectivity index (χ0v) is 28.0. The normalized spacial score (nSPS) is 23.6. The lowest BCUT2D eigenvalue weighted by molar-refractivity contribution is -0.130. The first-order chi connectivity index (χ1) is 22.7. The van der Waals surface area contributed by atoms with Gasteiger partial charge in [0, 0.05) is 23.3 Å². The Kier molecular flexibility index (Phi) is 8.54. The number of ketones is 1. The SMILES string of the molecule is C=C[C@@H]1C[C@]1(NC(=O)[C@@H]1C[C@@H](Oc2nc(-c3ccc(C#N)cc3)cc3ccccc23)CN1C(=O)OC(C)(C)C)C(=O)CS(=O)(=O)C1CC1. The fourth-order valence-corrected chi connectivity index (χ4v) is 7.91. The van der Waals surface area contributed by atoms with Crippen LogP contribution in [0.15, 0.2) is 67.3 Å². The maximum absolute atomic E-state index is 14.0. The van der Waals surface area contributed by atoms with Crippen molar-refractivity contribution in [2.75, 3.05) is 12.3 Å². The number of nitriles is 1. The molecule has 250 valence electrons. The summed E-state index contributed by atoms with van der Waals surface area (Å²) in [5.41, 5.74) is -0.318. The number of Topliss-reactive ketones (excluding diaryl/α,β-unsaturated/α-hetero) is 1. The molecule has 0 bridgehead atoms. The number of nitrogens with zero attached hydrogens (tertiary/aromatic N) is 3. The van der Waals surface area contributed by atoms with Crippen LogP contribution in [0.1, 0.15) is 52.0 Å². The third-order valence-corrected chi connectivity index (χ3v) is 11.1. The molecule has 6 rings (SSSR count). The number of amides is 2. The summed E-state index contributed by atoms with van der Waals surface area (Å²) < 4.78 is 37.5. The lowest BCUT2D eigenvalue weighted by atomic mass is 10.1. The summed E-state index contributed by atoms with van der Waals surface area (Å²) in [5, 5.41) is 13.1. The van der Waals surface area contributed by atoms with E-state index in [1.165, 1.54) is 4.90 Å². The van der Waals surface area contributed by atoms with Gasteiger partial charge in [-0.15, -0.1) is 6.58 Å². The minimum Gasteiger partial charge on any atom is -0.472 e. The number of carbonyl (C=O) groups is 3. The van der Waals surface area contributed by atoms with Gasteiger partial charge in [-0.25, -0.2) is 18.2 Å². The van der Waals surface area contributed by atoms with E-state index in [-0.39, 0.29) is 19.4 Å². The van der Waals surface area contributed by atoms with Gasteiger partial charge in [0.2, 0.25) is 11.8 Å². The number of hydrogen-bond acceptors (Lipinski definition) is 9. The molecule has 11 nitrogen and oxygen atoms in total. The molecular weight excluding hydrogens is 632 g/mol. The first-order valence-electron chi connectivity index (χ1n) is 16.0. The molecule has 2 heterocycles. The number of benzene rings is 2. The largest absolute Gasteiger partial charge is 0.472 e. The summed E-state index contributed by atoms with van der Waals surface area (Å²) in [6.07, 6.45) is 1.54. The number of hydrogen-bond donors (Lipinski definition) is 1. The number of carbonyl (C=O) groups excluding carboxylic acids is 3. The number of nitrogens with one attached hydrogen (secondary N) is 1. The molecule has 48 heavy (non-hydrogen) atoms. The minimum absolute atomic E-state index is 0.00595. The molecule has 1 saturated heterocycles. The van der Waals surface area contributed by atoms with Crippen LogP contribution in [-0.4, -0.2) is 76.9 Å². The molecule has 12 heteroatoms. The number of ether oxygens (including phenoxy) is 2. The van der Waals surface area contributed by atoms with Crippen molar-refractivity contribution in [3.05, 3.63) is 72.8 Å². The highest BCUT2D eigenvalue weighted by molar-refractivity contribution is 7.93. The number of fused-ring (bicyclic) bond motifs is 1. The quantitative estimate of drug-likeness (QED) is 0.301. The monoisotopic (exact) mass is 670 g/mol. The van der Waals surface area contributed by atoms with Crippen molar-refractivity contribution >= 4 is 38.4 Å². The Bertz CT molecular complexity index is 1940. The van der Waals surface area contributed by atoms with Crippen LogP contribution in [0.25, 0.3) is 22.0 Å². The van der Waals surface area contributed by atoms with Gasteiger partial charge in [-0.1, -0.05) is 36.4 Å². The molecule has 0 unspecified atom stereocenters. The van der Waals surface area contributed by atoms with Crippen molar-refractivity contribution in [2.45, 2.75) is 75.0 Å². The maximum Gasteiger partial charge on any atom is 0.411 e. The highest BCUT2D eigenvalue weighted by Crippen LogP contribution is 2.46. The molecule has 3 aliphatic rings. The number of pyridine rings is 1. The Hall–Kier alpha value is -4.76. The van der Waals surface area contributed by atoms with Gasteiger partial charge >= 0.3 is 6.09 Å². The van der Waals surface area contributed by atoms with Gasteiger partial charge in [-0.3, -0.25) is 14.5 Å². The lowest BCUT2D eigenvalue weighted by Gasteiger charge is -2.29. The van der Waals surface area contributed by atoms with E-state index in [0.29, 0.717) is 30.0 Å². The molecule has 3 aromatic rings. The van der Waals surface area contributed by atoms with Crippen LogP contribution in [0.5, 0.6) is 5.88 Å². The van der Waals surface area contributed by atoms with Gasteiger partial charge < -0.3 is 14.8 Å². The van der Waals surface area contributed by atoms with Crippen LogP contribution < -0.4 is 10.1 Å². The van der Waals surface area contributed by atoms with E-state index < -0.39 is 67.8 Å². The predicted octanol–water partition coefficient (Wildman–Crippen LogP) is 4.74. The van der Waals surface area contributed by atoms with E-state index in [1.54, 1.807) is 51.1 Å². The van der Waals surface area contributed by atoms with Gasteiger partial charge in [0.15, 0.2) is 15.6 Å². The van der Waals surface area contributed by atoms with E-state index in [1.807, 2.05) is 30.3 Å². The molecule has 0 spiro atoms. The van der Waals surface area contributed by atoms with Crippen LogP contribution >= 0.6 is 0 Å². The molecule has 1 N–H and O–H groups in total. The molecule has 1 aromatic heterocycles. The minimum atomic E-state index is -3.61. The first-order valence-corrected chi connectivity index (χ1v) is 17.7. The van der Waals surface area contributed by atoms with Crippen LogP contribution in [0.3, 0.4) is 0 Å². The van der Waals surface area contributed by atoms with E-state index >= 15 is 0 Å². The first kappa shape index (κ1) is 33.2. The lowest BCUT2D eigenvalue weighted by Crippen LogP contribution is -2.54. The topological polar surface area (TPSA) is 156 Å². The Labute approximate surface area is 279 Å². The summed E-state index contributed by atoms with van der Waals surface area (Å²) in [5.74, 6) is -1.93. The molecule has 0 radical (unpaired) electrons. The fraction of sp³-hybridized carbons (Fsp3) is 0.417. The average molecular weight is 671 g/mol. The maximum atomic E-state index is 14.0. The van der Waals surface area contributed by atoms with Crippen molar-refractivity contribution in [2.24, 2.45) is 5.92 Å². The zero-order valence-electron chi connectivity index (χ0n) is 27.1. The summed E-state index contributed by atoms with van der Waals surface area (Å²) in [6.45, 7) is 8.95. The second-order valence-electron chi connectivity index (χ2n) is 13.8. The van der Waals surface area contributed by atoms with Crippen molar-refractivity contribution in [1.29, 1.82) is 5.26 Å². The van der Waals surface area contributed by atoms with Gasteiger partial charge in [-0.05, 0) is 69.7 Å². The van der Waals surface area contributed by atoms with Crippen molar-refractivity contribution < 1.29 is 32.3 Å². The second-order valence-corrected chi connectivity index (χ2v) is 16.1. The Balaban J connectivity index is 1.27. The van der Waals surface area contributed by atoms with Gasteiger partial charge in [-0.2, -0.15) is 5.26 Å². The number of rotatable bonds is 10. The zero-order chi connectivity index (χ0) is 34.4. The summed E-state index contributed by atoms with van der Waals surface area (Å²) in [7, 11) is -3.61. The highest BCUT2D eigenvalue weighted by Gasteiger charge is 2.61. The predicted molar refractivity (Wildman–Crippen MR) is 179 cm³/mol. The third-order valence-electron chi connectivity index (χ3n) is 8.99. The molecule has 3 fully saturated rings. The Morgan fingerprint density at radius 3 is 2.48 bits per heavy atom. The summed E-state index contributed by atoms with van der Waals surface area (Å²) in [6, 6.07) is 17.6. The van der Waals surface area contributed by atoms with Crippen LogP contribution in [0, 0.1) is 17.2 Å². The summed E-state index contributed by atoms with van der Waals surface area (Å²) >= 11 is 0. The fourth-order valence-electron chi connectivity index (χ4n) is 6.20. The number of aromatic nitrogens is 1. The Morgan fingerprint density at radius 1 is 1.15 bits per heavy atom. The van der Waals surface area contributed by atoms with Crippen molar-refractivity contribution in [3.63, 3.8) is 0 Å². The van der Waals surface area contributed by atoms with E-state index in [0.717, 1.165) is 16.3 Å².